The van der Waals surface area contributed by atoms with Crippen LogP contribution in [0.5, 0.6) is 0 Å². The Labute approximate surface area is 186 Å². The fourth-order valence-corrected chi connectivity index (χ4v) is 5.74. The lowest BCUT2D eigenvalue weighted by atomic mass is 9.74. The maximum Gasteiger partial charge on any atom is 0.199 e. The summed E-state index contributed by atoms with van der Waals surface area (Å²) in [5.74, 6) is 3.18. The Hall–Kier alpha value is -1.10. The lowest BCUT2D eigenvalue weighted by molar-refractivity contribution is 0.208. The highest BCUT2D eigenvalue weighted by Crippen LogP contribution is 2.38. The first-order valence-electron chi connectivity index (χ1n) is 13.1. The Kier molecular flexibility index (Phi) is 13.1. The quantitative estimate of drug-likeness (QED) is 0.167. The molecule has 30 heavy (non-hydrogen) atoms. The van der Waals surface area contributed by atoms with Gasteiger partial charge in [-0.25, -0.2) is 0 Å². The van der Waals surface area contributed by atoms with Crippen LogP contribution in [0.1, 0.15) is 122 Å². The summed E-state index contributed by atoms with van der Waals surface area (Å²) in [7, 11) is 0. The van der Waals surface area contributed by atoms with Crippen LogP contribution < -0.4 is 0 Å². The number of nitriles is 1. The zero-order valence-corrected chi connectivity index (χ0v) is 19.6. The van der Waals surface area contributed by atoms with Crippen LogP contribution >= 0.6 is 0 Å². The summed E-state index contributed by atoms with van der Waals surface area (Å²) in [5, 5.41) is 8.39. The van der Waals surface area contributed by atoms with Gasteiger partial charge in [0, 0.05) is 0 Å². The van der Waals surface area contributed by atoms with Crippen molar-refractivity contribution in [2.45, 2.75) is 122 Å². The number of rotatable bonds is 13. The molecule has 0 atom stereocenters. The van der Waals surface area contributed by atoms with Crippen molar-refractivity contribution in [3.05, 3.63) is 24.1 Å². The molecule has 0 heterocycles. The van der Waals surface area contributed by atoms with Gasteiger partial charge in [0.25, 0.3) is 0 Å². The molecule has 0 spiro atoms. The van der Waals surface area contributed by atoms with Gasteiger partial charge in [0.15, 0.2) is 5.83 Å². The van der Waals surface area contributed by atoms with Gasteiger partial charge >= 0.3 is 0 Å². The number of unbranched alkanes of at least 4 members (excludes halogenated alkanes) is 4. The van der Waals surface area contributed by atoms with E-state index in [0.29, 0.717) is 0 Å². The third-order valence-electron chi connectivity index (χ3n) is 7.86. The topological polar surface area (TPSA) is 23.8 Å². The first kappa shape index (κ1) is 25.2. The SMILES string of the molecule is CCCCCCC[C@H]1CC[C@H](CC[C@H]2CC[C@H](CC/C=C/C=C(\F)C#N)CC2)CC1. The van der Waals surface area contributed by atoms with Crippen molar-refractivity contribution in [2.75, 3.05) is 0 Å². The Morgan fingerprint density at radius 3 is 1.80 bits per heavy atom. The Balaban J connectivity index is 1.48. The summed E-state index contributed by atoms with van der Waals surface area (Å²) in [4.78, 5) is 0. The number of hydrogen-bond donors (Lipinski definition) is 0. The maximum atomic E-state index is 12.7. The van der Waals surface area contributed by atoms with Crippen LogP contribution in [0.25, 0.3) is 0 Å². The van der Waals surface area contributed by atoms with Crippen LogP contribution in [0.2, 0.25) is 0 Å². The number of halogens is 1. The Morgan fingerprint density at radius 1 is 0.767 bits per heavy atom. The second-order valence-corrected chi connectivity index (χ2v) is 10.2. The van der Waals surface area contributed by atoms with E-state index in [0.717, 1.165) is 30.1 Å². The van der Waals surface area contributed by atoms with Gasteiger partial charge in [0.05, 0.1) is 0 Å². The van der Waals surface area contributed by atoms with Crippen LogP contribution in [0, 0.1) is 35.0 Å². The molecule has 2 rings (SSSR count). The maximum absolute atomic E-state index is 12.7. The average Bonchev–Trinajstić information content (AvgIpc) is 2.78. The molecule has 0 bridgehead atoms. The summed E-state index contributed by atoms with van der Waals surface area (Å²) >= 11 is 0. The lowest BCUT2D eigenvalue weighted by Gasteiger charge is -2.32. The van der Waals surface area contributed by atoms with Gasteiger partial charge in [0.2, 0.25) is 0 Å². The molecule has 0 aromatic heterocycles. The minimum atomic E-state index is -0.706. The first-order chi connectivity index (χ1) is 14.7. The van der Waals surface area contributed by atoms with E-state index in [1.807, 2.05) is 6.08 Å². The molecule has 0 amide bonds. The summed E-state index contributed by atoms with van der Waals surface area (Å²) in [6, 6.07) is 1.50. The molecule has 2 fully saturated rings. The molecular formula is C28H46FN. The van der Waals surface area contributed by atoms with Crippen molar-refractivity contribution < 1.29 is 4.39 Å². The normalized spacial score (nSPS) is 28.0. The third kappa shape index (κ3) is 10.8. The second kappa shape index (κ2) is 15.7. The molecule has 2 saturated carbocycles. The number of nitrogens with zero attached hydrogens (tertiary/aromatic N) is 1. The molecule has 1 nitrogen and oxygen atoms in total. The molecule has 0 unspecified atom stereocenters. The van der Waals surface area contributed by atoms with Crippen LogP contribution in [0.15, 0.2) is 24.1 Å². The van der Waals surface area contributed by atoms with E-state index in [1.54, 1.807) is 6.08 Å². The average molecular weight is 416 g/mol. The Bertz CT molecular complexity index is 527. The van der Waals surface area contributed by atoms with E-state index in [4.69, 9.17) is 5.26 Å². The molecule has 0 saturated heterocycles. The first-order valence-corrected chi connectivity index (χ1v) is 13.1. The minimum absolute atomic E-state index is 0.706. The molecule has 2 aliphatic rings. The van der Waals surface area contributed by atoms with Crippen molar-refractivity contribution in [3.63, 3.8) is 0 Å². The van der Waals surface area contributed by atoms with E-state index < -0.39 is 5.83 Å². The fraction of sp³-hybridized carbons (Fsp3) is 0.821. The van der Waals surface area contributed by atoms with Crippen molar-refractivity contribution in [1.82, 2.24) is 0 Å². The highest BCUT2D eigenvalue weighted by Gasteiger charge is 2.24. The van der Waals surface area contributed by atoms with Gasteiger partial charge in [-0.05, 0) is 42.6 Å². The van der Waals surface area contributed by atoms with Gasteiger partial charge in [0.1, 0.15) is 6.07 Å². The zero-order chi connectivity index (χ0) is 21.4. The largest absolute Gasteiger partial charge is 0.199 e. The predicted octanol–water partition coefficient (Wildman–Crippen LogP) is 9.45. The highest BCUT2D eigenvalue weighted by atomic mass is 19.1. The summed E-state index contributed by atoms with van der Waals surface area (Å²) < 4.78 is 12.7. The predicted molar refractivity (Wildman–Crippen MR) is 127 cm³/mol. The third-order valence-corrected chi connectivity index (χ3v) is 7.86. The molecule has 0 aromatic carbocycles. The fourth-order valence-electron chi connectivity index (χ4n) is 5.74. The van der Waals surface area contributed by atoms with Crippen molar-refractivity contribution in [1.29, 1.82) is 5.26 Å². The molecule has 2 aliphatic carbocycles. The molecule has 0 N–H and O–H groups in total. The number of hydrogen-bond acceptors (Lipinski definition) is 1. The van der Waals surface area contributed by atoms with Crippen LogP contribution in [-0.4, -0.2) is 0 Å². The monoisotopic (exact) mass is 415 g/mol. The van der Waals surface area contributed by atoms with Gasteiger partial charge in [-0.15, -0.1) is 0 Å². The highest BCUT2D eigenvalue weighted by molar-refractivity contribution is 5.18. The van der Waals surface area contributed by atoms with Crippen molar-refractivity contribution in [2.24, 2.45) is 23.7 Å². The number of allylic oxidation sites excluding steroid dienone is 4. The van der Waals surface area contributed by atoms with E-state index in [9.17, 15) is 4.39 Å². The summed E-state index contributed by atoms with van der Waals surface area (Å²) in [6.07, 6.45) is 30.4. The zero-order valence-electron chi connectivity index (χ0n) is 19.6. The smallest absolute Gasteiger partial charge is 0.195 e. The molecule has 2 heteroatoms. The van der Waals surface area contributed by atoms with Gasteiger partial charge in [-0.2, -0.15) is 9.65 Å². The van der Waals surface area contributed by atoms with Crippen LogP contribution in [-0.2, 0) is 0 Å². The van der Waals surface area contributed by atoms with E-state index in [2.05, 4.69) is 6.92 Å². The van der Waals surface area contributed by atoms with Crippen molar-refractivity contribution in [3.8, 4) is 6.07 Å². The van der Waals surface area contributed by atoms with Crippen LogP contribution in [0.3, 0.4) is 0 Å². The summed E-state index contributed by atoms with van der Waals surface area (Å²) in [6.45, 7) is 2.30. The van der Waals surface area contributed by atoms with E-state index >= 15 is 0 Å². The molecule has 0 radical (unpaired) electrons. The Morgan fingerprint density at radius 2 is 1.27 bits per heavy atom. The van der Waals surface area contributed by atoms with E-state index in [1.165, 1.54) is 121 Å². The van der Waals surface area contributed by atoms with Crippen LogP contribution in [0.4, 0.5) is 4.39 Å². The van der Waals surface area contributed by atoms with Gasteiger partial charge in [-0.1, -0.05) is 122 Å². The minimum Gasteiger partial charge on any atom is -0.195 e. The van der Waals surface area contributed by atoms with Gasteiger partial charge < -0.3 is 0 Å². The summed E-state index contributed by atoms with van der Waals surface area (Å²) in [5.41, 5.74) is 0. The molecule has 0 aromatic rings. The molecule has 170 valence electrons. The van der Waals surface area contributed by atoms with Gasteiger partial charge in [-0.3, -0.25) is 0 Å². The van der Waals surface area contributed by atoms with E-state index in [-0.39, 0.29) is 0 Å². The molecular weight excluding hydrogens is 369 g/mol. The second-order valence-electron chi connectivity index (χ2n) is 10.2. The lowest BCUT2D eigenvalue weighted by Crippen LogP contribution is -2.18. The van der Waals surface area contributed by atoms with Crippen molar-refractivity contribution >= 4 is 0 Å². The standard InChI is InChI=1S/C28H46FN/c1-2-3-4-5-7-10-24-13-17-26(18-14-24)21-22-27-19-15-25(16-20-27)11-8-6-9-12-28(29)23-30/h6,9,12,24-27H,2-5,7-8,10-11,13-22H2,1H3/b9-6+,28-12-/t24-,25-,26-,27-. The molecule has 0 aliphatic heterocycles.